The highest BCUT2D eigenvalue weighted by atomic mass is 19.2. The van der Waals surface area contributed by atoms with E-state index < -0.39 is 11.6 Å². The second-order valence-electron chi connectivity index (χ2n) is 8.44. The smallest absolute Gasteiger partial charge is 0.159 e. The molecule has 5 heteroatoms. The van der Waals surface area contributed by atoms with Crippen LogP contribution in [0.15, 0.2) is 18.2 Å². The summed E-state index contributed by atoms with van der Waals surface area (Å²) in [5.41, 5.74) is 1.06. The molecular weight excluding hydrogens is 334 g/mol. The molecule has 1 aromatic carbocycles. The maximum Gasteiger partial charge on any atom is 0.159 e. The topological polar surface area (TPSA) is 15.7 Å². The normalized spacial score (nSPS) is 23.3. The van der Waals surface area contributed by atoms with E-state index in [0.29, 0.717) is 5.92 Å². The van der Waals surface area contributed by atoms with Gasteiger partial charge in [-0.2, -0.15) is 0 Å². The van der Waals surface area contributed by atoms with Gasteiger partial charge < -0.3 is 9.64 Å². The van der Waals surface area contributed by atoms with Crippen molar-refractivity contribution in [2.45, 2.75) is 45.1 Å². The highest BCUT2D eigenvalue weighted by molar-refractivity contribution is 5.17. The quantitative estimate of drug-likeness (QED) is 0.763. The molecule has 0 N–H and O–H groups in total. The van der Waals surface area contributed by atoms with Crippen LogP contribution in [-0.4, -0.2) is 61.3 Å². The third-order valence-electron chi connectivity index (χ3n) is 5.91. The van der Waals surface area contributed by atoms with Gasteiger partial charge in [0, 0.05) is 31.7 Å². The van der Waals surface area contributed by atoms with Crippen LogP contribution in [0.25, 0.3) is 0 Å². The largest absolute Gasteiger partial charge is 0.379 e. The predicted molar refractivity (Wildman–Crippen MR) is 100 cm³/mol. The summed E-state index contributed by atoms with van der Waals surface area (Å²) in [6.45, 7) is 11.7. The van der Waals surface area contributed by atoms with Crippen LogP contribution in [0.3, 0.4) is 0 Å². The minimum absolute atomic E-state index is 0.158. The van der Waals surface area contributed by atoms with Crippen LogP contribution in [0.5, 0.6) is 0 Å². The van der Waals surface area contributed by atoms with Gasteiger partial charge in [0.15, 0.2) is 11.6 Å². The van der Waals surface area contributed by atoms with Gasteiger partial charge in [-0.15, -0.1) is 0 Å². The van der Waals surface area contributed by atoms with Gasteiger partial charge in [0.1, 0.15) is 0 Å². The second-order valence-corrected chi connectivity index (χ2v) is 8.44. The van der Waals surface area contributed by atoms with Crippen molar-refractivity contribution in [1.29, 1.82) is 0 Å². The van der Waals surface area contributed by atoms with Crippen LogP contribution in [0.4, 0.5) is 8.78 Å². The summed E-state index contributed by atoms with van der Waals surface area (Å²) in [6.07, 6.45) is 4.32. The molecule has 0 saturated carbocycles. The number of piperidine rings is 1. The van der Waals surface area contributed by atoms with Crippen LogP contribution in [-0.2, 0) is 11.2 Å². The fraction of sp³-hybridized carbons (Fsp3) is 0.714. The van der Waals surface area contributed by atoms with Crippen LogP contribution in [0.2, 0.25) is 0 Å². The molecular formula is C21H32F2N2O. The van der Waals surface area contributed by atoms with Gasteiger partial charge in [-0.05, 0) is 69.7 Å². The van der Waals surface area contributed by atoms with Crippen LogP contribution in [0.1, 0.15) is 38.7 Å². The molecule has 3 nitrogen and oxygen atoms in total. The Morgan fingerprint density at radius 3 is 2.62 bits per heavy atom. The zero-order valence-electron chi connectivity index (χ0n) is 16.1. The van der Waals surface area contributed by atoms with E-state index in [9.17, 15) is 8.78 Å². The number of likely N-dealkylation sites (tertiary alicyclic amines) is 1. The fourth-order valence-corrected chi connectivity index (χ4v) is 4.41. The summed E-state index contributed by atoms with van der Waals surface area (Å²) in [5.74, 6) is -0.861. The number of benzene rings is 1. The molecule has 1 atom stereocenters. The van der Waals surface area contributed by atoms with Crippen LogP contribution >= 0.6 is 0 Å². The Bertz CT molecular complexity index is 587. The Hall–Kier alpha value is -1.04. The first-order valence-electron chi connectivity index (χ1n) is 9.93. The SMILES string of the molecule is CC(C)(CN1CCC[C@H](CCc2ccc(F)c(F)c2)C1)N1CCOCC1. The first-order chi connectivity index (χ1) is 12.4. The first-order valence-corrected chi connectivity index (χ1v) is 9.93. The molecule has 0 spiro atoms. The number of hydrogen-bond donors (Lipinski definition) is 0. The van der Waals surface area contributed by atoms with Gasteiger partial charge in [0.25, 0.3) is 0 Å². The van der Waals surface area contributed by atoms with E-state index in [0.717, 1.165) is 64.3 Å². The van der Waals surface area contributed by atoms with E-state index in [-0.39, 0.29) is 5.54 Å². The zero-order valence-corrected chi connectivity index (χ0v) is 16.1. The molecule has 2 aliphatic heterocycles. The van der Waals surface area contributed by atoms with Crippen LogP contribution < -0.4 is 0 Å². The van der Waals surface area contributed by atoms with Gasteiger partial charge in [0.2, 0.25) is 0 Å². The molecule has 146 valence electrons. The van der Waals surface area contributed by atoms with E-state index in [1.807, 2.05) is 0 Å². The molecule has 0 aromatic heterocycles. The Labute approximate surface area is 156 Å². The van der Waals surface area contributed by atoms with Gasteiger partial charge in [0.05, 0.1) is 13.2 Å². The summed E-state index contributed by atoms with van der Waals surface area (Å²) in [4.78, 5) is 5.14. The molecule has 0 aliphatic carbocycles. The van der Waals surface area contributed by atoms with Crippen molar-refractivity contribution >= 4 is 0 Å². The number of ether oxygens (including phenoxy) is 1. The average Bonchev–Trinajstić information content (AvgIpc) is 2.63. The summed E-state index contributed by atoms with van der Waals surface area (Å²) in [7, 11) is 0. The van der Waals surface area contributed by atoms with Crippen molar-refractivity contribution in [3.8, 4) is 0 Å². The fourth-order valence-electron chi connectivity index (χ4n) is 4.41. The molecule has 3 rings (SSSR count). The molecule has 0 amide bonds. The number of halogens is 2. The molecule has 0 bridgehead atoms. The molecule has 26 heavy (non-hydrogen) atoms. The molecule has 1 aromatic rings. The average molecular weight is 366 g/mol. The maximum absolute atomic E-state index is 13.4. The zero-order chi connectivity index (χ0) is 18.6. The Balaban J connectivity index is 1.49. The molecule has 2 aliphatic rings. The lowest BCUT2D eigenvalue weighted by Gasteiger charge is -2.45. The minimum Gasteiger partial charge on any atom is -0.379 e. The van der Waals surface area contributed by atoms with Crippen molar-refractivity contribution in [2.24, 2.45) is 5.92 Å². The highest BCUT2D eigenvalue weighted by Gasteiger charge is 2.32. The van der Waals surface area contributed by atoms with E-state index in [1.54, 1.807) is 6.07 Å². The van der Waals surface area contributed by atoms with Crippen molar-refractivity contribution in [3.05, 3.63) is 35.4 Å². The van der Waals surface area contributed by atoms with Gasteiger partial charge in [-0.25, -0.2) is 8.78 Å². The first kappa shape index (κ1) is 19.7. The van der Waals surface area contributed by atoms with E-state index in [4.69, 9.17) is 4.74 Å². The summed E-state index contributed by atoms with van der Waals surface area (Å²) < 4.78 is 31.9. The lowest BCUT2D eigenvalue weighted by molar-refractivity contribution is -0.0258. The summed E-state index contributed by atoms with van der Waals surface area (Å²) in [5, 5.41) is 0. The van der Waals surface area contributed by atoms with E-state index in [2.05, 4.69) is 23.6 Å². The van der Waals surface area contributed by atoms with Crippen molar-refractivity contribution < 1.29 is 13.5 Å². The Morgan fingerprint density at radius 1 is 1.12 bits per heavy atom. The number of hydrogen-bond acceptors (Lipinski definition) is 3. The summed E-state index contributed by atoms with van der Waals surface area (Å²) >= 11 is 0. The number of aryl methyl sites for hydroxylation is 1. The lowest BCUT2D eigenvalue weighted by atomic mass is 9.90. The summed E-state index contributed by atoms with van der Waals surface area (Å²) in [6, 6.07) is 4.29. The van der Waals surface area contributed by atoms with E-state index in [1.165, 1.54) is 25.0 Å². The molecule has 0 unspecified atom stereocenters. The molecule has 2 saturated heterocycles. The van der Waals surface area contributed by atoms with Gasteiger partial charge in [-0.3, -0.25) is 4.90 Å². The maximum atomic E-state index is 13.4. The van der Waals surface area contributed by atoms with Crippen molar-refractivity contribution in [1.82, 2.24) is 9.80 Å². The molecule has 2 fully saturated rings. The Morgan fingerprint density at radius 2 is 1.88 bits per heavy atom. The second kappa shape index (κ2) is 8.77. The van der Waals surface area contributed by atoms with Crippen molar-refractivity contribution in [2.75, 3.05) is 45.9 Å². The lowest BCUT2D eigenvalue weighted by Crippen LogP contribution is -2.56. The molecule has 0 radical (unpaired) electrons. The van der Waals surface area contributed by atoms with E-state index >= 15 is 0 Å². The van der Waals surface area contributed by atoms with Gasteiger partial charge in [-0.1, -0.05) is 6.07 Å². The molecule has 2 heterocycles. The third kappa shape index (κ3) is 5.24. The monoisotopic (exact) mass is 366 g/mol. The predicted octanol–water partition coefficient (Wildman–Crippen LogP) is 3.72. The minimum atomic E-state index is -0.761. The van der Waals surface area contributed by atoms with Crippen molar-refractivity contribution in [3.63, 3.8) is 0 Å². The third-order valence-corrected chi connectivity index (χ3v) is 5.91. The number of nitrogens with zero attached hydrogens (tertiary/aromatic N) is 2. The van der Waals surface area contributed by atoms with Gasteiger partial charge >= 0.3 is 0 Å². The standard InChI is InChI=1S/C21H32F2N2O/c1-21(2,25-10-12-26-13-11-25)16-24-9-3-4-18(15-24)6-5-17-7-8-19(22)20(23)14-17/h7-8,14,18H,3-6,9-13,15-16H2,1-2H3/t18-/m1/s1. The highest BCUT2D eigenvalue weighted by Crippen LogP contribution is 2.25. The Kier molecular flexibility index (Phi) is 6.65. The number of morpholine rings is 1. The van der Waals surface area contributed by atoms with Crippen LogP contribution in [0, 0.1) is 17.6 Å². The number of rotatable bonds is 6.